The maximum Gasteiger partial charge on any atom is 0.537 e. The van der Waals surface area contributed by atoms with E-state index in [1.165, 1.54) is 0 Å². The highest BCUT2D eigenvalue weighted by Crippen LogP contribution is 2.92. The van der Waals surface area contributed by atoms with E-state index < -0.39 is 58.5 Å². The van der Waals surface area contributed by atoms with Crippen molar-refractivity contribution in [2.24, 2.45) is 27.1 Å². The number of hydrogen-bond acceptors (Lipinski definition) is 18. The highest BCUT2D eigenvalue weighted by atomic mass is 35.7. The van der Waals surface area contributed by atoms with E-state index in [1.54, 1.807) is 0 Å². The summed E-state index contributed by atoms with van der Waals surface area (Å²) in [7, 11) is -12.3. The molecule has 32 heteroatoms. The number of nitrogens with zero attached hydrogens (tertiary/aromatic N) is 8. The summed E-state index contributed by atoms with van der Waals surface area (Å²) in [6, 6.07) is 0. The molecule has 0 aromatic heterocycles. The van der Waals surface area contributed by atoms with Crippen LogP contribution in [0.4, 0.5) is 0 Å². The molecule has 0 saturated heterocycles. The molecule has 8 aliphatic rings. The zero-order chi connectivity index (χ0) is 30.6. The molecule has 0 aliphatic carbocycles. The van der Waals surface area contributed by atoms with E-state index in [1.807, 2.05) is 0 Å². The quantitative estimate of drug-likeness (QED) is 0.208. The normalized spacial score (nSPS) is 51.5. The van der Waals surface area contributed by atoms with Crippen molar-refractivity contribution in [3.63, 3.8) is 0 Å². The highest BCUT2D eigenvalue weighted by Gasteiger charge is 2.56. The molecule has 8 atom stereocenters. The Bertz CT molecular complexity index is 1410. The molecule has 0 radical (unpaired) electrons. The Labute approximate surface area is 272 Å². The van der Waals surface area contributed by atoms with Crippen LogP contribution in [0.2, 0.25) is 0 Å². The summed E-state index contributed by atoms with van der Waals surface area (Å²) >= 11 is 25.9. The molecule has 0 fully saturated rings. The van der Waals surface area contributed by atoms with Crippen LogP contribution in [0.25, 0.3) is 9.72 Å². The van der Waals surface area contributed by atoms with Crippen molar-refractivity contribution >= 4 is 103 Å². The van der Waals surface area contributed by atoms with E-state index >= 15 is 0 Å². The Morgan fingerprint density at radius 3 is 1.07 bits per heavy atom. The second-order valence-corrected chi connectivity index (χ2v) is 30.4. The van der Waals surface area contributed by atoms with Crippen LogP contribution in [0.5, 0.6) is 0 Å². The molecule has 0 saturated carbocycles. The van der Waals surface area contributed by atoms with Gasteiger partial charge in [0, 0.05) is 9.03 Å². The van der Waals surface area contributed by atoms with Gasteiger partial charge >= 0.3 is 31.4 Å². The smallest absolute Gasteiger partial charge is 0.505 e. The summed E-state index contributed by atoms with van der Waals surface area (Å²) < 4.78 is 94.7. The highest BCUT2D eigenvalue weighted by molar-refractivity contribution is 8.08. The van der Waals surface area contributed by atoms with E-state index in [2.05, 4.69) is 36.8 Å². The summed E-state index contributed by atoms with van der Waals surface area (Å²) in [6.07, 6.45) is 0. The van der Waals surface area contributed by atoms with Crippen LogP contribution in [-0.4, -0.2) is 79.3 Å². The zero-order valence-corrected chi connectivity index (χ0v) is 32.2. The van der Waals surface area contributed by atoms with E-state index in [9.17, 15) is 0 Å². The van der Waals surface area contributed by atoms with Gasteiger partial charge in [-0.2, -0.15) is 27.1 Å². The molecule has 0 N–H and O–H groups in total. The summed E-state index contributed by atoms with van der Waals surface area (Å²) in [5, 5.41) is 0. The third-order valence-corrected chi connectivity index (χ3v) is 31.9. The fourth-order valence-electron chi connectivity index (χ4n) is 3.89. The first-order valence-electron chi connectivity index (χ1n) is 12.5. The second kappa shape index (κ2) is 13.4. The molecule has 20 nitrogen and oxygen atoms in total. The lowest BCUT2D eigenvalue weighted by Crippen LogP contribution is -2.02. The number of halogens is 4. The summed E-state index contributed by atoms with van der Waals surface area (Å²) in [6.45, 7) is -9.95. The van der Waals surface area contributed by atoms with Gasteiger partial charge in [-0.1, -0.05) is 45.0 Å². The first-order valence-corrected chi connectivity index (χ1v) is 28.7. The maximum atomic E-state index is 6.46. The van der Waals surface area contributed by atoms with Crippen molar-refractivity contribution in [1.29, 1.82) is 0 Å². The Balaban J connectivity index is 0.000000142. The average Bonchev–Trinajstić information content (AvgIpc) is 3.47. The van der Waals surface area contributed by atoms with Gasteiger partial charge in [-0.15, -0.1) is 0 Å². The van der Waals surface area contributed by atoms with Gasteiger partial charge in [0.25, 0.3) is 0 Å². The summed E-state index contributed by atoms with van der Waals surface area (Å²) in [5.41, 5.74) is 0. The first-order chi connectivity index (χ1) is 20.9. The van der Waals surface area contributed by atoms with Gasteiger partial charge in [-0.05, 0) is 9.03 Å². The van der Waals surface area contributed by atoms with Gasteiger partial charge in [0.2, 0.25) is 0 Å². The monoisotopic (exact) mass is 860 g/mol. The Morgan fingerprint density at radius 1 is 0.386 bits per heavy atom. The molecule has 44 heavy (non-hydrogen) atoms. The van der Waals surface area contributed by atoms with Crippen LogP contribution in [0, 0.1) is 0 Å². The van der Waals surface area contributed by atoms with E-state index in [4.69, 9.17) is 99.2 Å². The zero-order valence-electron chi connectivity index (χ0n) is 22.1. The summed E-state index contributed by atoms with van der Waals surface area (Å²) in [4.78, 5) is 8.65. The SMILES string of the molecule is Cl[P@]12=N[P+]3(N=[P@@]4(N=[P@](Cl)([N-]1)OCCO4)OCCO3)OCCO2.Cl[P@]12=N[P@]3(=N[P+]4(N=[P@](Cl)([N-]1)OCCO4)OCCO3)OCCO2. The first kappa shape index (κ1) is 35.3. The van der Waals surface area contributed by atoms with Crippen molar-refractivity contribution in [3.05, 3.63) is 9.72 Å². The van der Waals surface area contributed by atoms with Gasteiger partial charge < -0.3 is 45.9 Å². The van der Waals surface area contributed by atoms with Gasteiger partial charge in [0.15, 0.2) is 0 Å². The third kappa shape index (κ3) is 7.84. The molecule has 0 amide bonds. The van der Waals surface area contributed by atoms with Crippen LogP contribution in [0.1, 0.15) is 0 Å². The van der Waals surface area contributed by atoms with E-state index in [0.29, 0.717) is 0 Å². The van der Waals surface area contributed by atoms with E-state index in [0.717, 1.165) is 0 Å². The standard InChI is InChI=1S/2C6H12Cl2N4O6P4/c2*7-19-9-20(8)11-22(16-4-2-14-20)12-21(10-19,15-3-1-13-19)17-5-6-18-22/h2*1-6H2/t2*19-,20+,21+,22?/m10/s1. The van der Waals surface area contributed by atoms with Crippen molar-refractivity contribution < 1.29 is 54.3 Å². The number of hydrogen-bond donors (Lipinski definition) is 0. The van der Waals surface area contributed by atoms with Crippen molar-refractivity contribution in [2.45, 2.75) is 0 Å². The van der Waals surface area contributed by atoms with Gasteiger partial charge in [0.1, 0.15) is 40.0 Å². The van der Waals surface area contributed by atoms with Crippen LogP contribution in [0.3, 0.4) is 0 Å². The minimum absolute atomic E-state index is 0.203. The third-order valence-electron chi connectivity index (χ3n) is 5.38. The molecular weight excluding hydrogens is 838 g/mol. The lowest BCUT2D eigenvalue weighted by atomic mass is 10.8. The summed E-state index contributed by atoms with van der Waals surface area (Å²) in [5.74, 6) is 0. The van der Waals surface area contributed by atoms with Gasteiger partial charge in [-0.25, -0.2) is 0 Å². The van der Waals surface area contributed by atoms with Crippen LogP contribution in [0.15, 0.2) is 27.1 Å². The Hall–Kier alpha value is 2.84. The molecule has 8 heterocycles. The van der Waals surface area contributed by atoms with Crippen LogP contribution < -0.4 is 0 Å². The molecule has 252 valence electrons. The minimum Gasteiger partial charge on any atom is -0.505 e. The van der Waals surface area contributed by atoms with Crippen molar-refractivity contribution in [1.82, 2.24) is 0 Å². The maximum absolute atomic E-state index is 6.46. The largest absolute Gasteiger partial charge is 0.537 e. The van der Waals surface area contributed by atoms with Gasteiger partial charge in [0.05, 0.1) is 66.4 Å². The molecule has 0 aromatic carbocycles. The second-order valence-electron chi connectivity index (χ2n) is 8.57. The van der Waals surface area contributed by atoms with E-state index in [-0.39, 0.29) is 79.3 Å². The topological polar surface area (TPSA) is 213 Å². The van der Waals surface area contributed by atoms with Crippen LogP contribution in [-0.2, 0) is 54.3 Å². The fraction of sp³-hybridized carbons (Fsp3) is 1.00. The van der Waals surface area contributed by atoms with Crippen molar-refractivity contribution in [3.8, 4) is 0 Å². The van der Waals surface area contributed by atoms with Gasteiger partial charge in [-0.3, -0.25) is 0 Å². The molecule has 4 spiro atoms. The molecule has 8 aliphatic heterocycles. The molecule has 8 rings (SSSR count). The Kier molecular flexibility index (Phi) is 10.8. The number of rotatable bonds is 0. The Morgan fingerprint density at radius 2 is 0.682 bits per heavy atom. The molecular formula is C12H24Cl4N8O12P8. The predicted molar refractivity (Wildman–Crippen MR) is 171 cm³/mol. The molecule has 8 bridgehead atoms. The lowest BCUT2D eigenvalue weighted by Gasteiger charge is -2.37. The lowest BCUT2D eigenvalue weighted by molar-refractivity contribution is 0.173. The van der Waals surface area contributed by atoms with Crippen molar-refractivity contribution in [2.75, 3.05) is 79.3 Å². The minimum atomic E-state index is -3.14. The van der Waals surface area contributed by atoms with Crippen LogP contribution >= 0.6 is 103 Å². The fourth-order valence-corrected chi connectivity index (χ4v) is 33.3. The average molecular weight is 862 g/mol. The molecule has 2 unspecified atom stereocenters. The predicted octanol–water partition coefficient (Wildman–Crippen LogP) is 11.0. The molecule has 0 aromatic rings.